The van der Waals surface area contributed by atoms with Gasteiger partial charge in [-0.2, -0.15) is 0 Å². The first-order valence-electron chi connectivity index (χ1n) is 22.7. The second kappa shape index (κ2) is 19.7. The van der Waals surface area contributed by atoms with Gasteiger partial charge in [-0.05, 0) is 89.8 Å². The fourth-order valence-corrected chi connectivity index (χ4v) is 9.57. The number of fused-ring (bicyclic) bond motifs is 6. The Morgan fingerprint density at radius 3 is 2.41 bits per heavy atom. The second-order valence-electron chi connectivity index (χ2n) is 17.7. The summed E-state index contributed by atoms with van der Waals surface area (Å²) in [5.41, 5.74) is 6.51. The minimum absolute atomic E-state index is 0.0618. The number of amides is 4. The lowest BCUT2D eigenvalue weighted by Crippen LogP contribution is -2.53. The maximum atomic E-state index is 14.1. The maximum Gasteiger partial charge on any atom is 0.407 e. The van der Waals surface area contributed by atoms with Crippen LogP contribution in [0.1, 0.15) is 95.4 Å². The van der Waals surface area contributed by atoms with Crippen LogP contribution in [-0.4, -0.2) is 94.9 Å². The van der Waals surface area contributed by atoms with E-state index < -0.39 is 24.3 Å². The molecule has 0 radical (unpaired) electrons. The van der Waals surface area contributed by atoms with E-state index in [-0.39, 0.29) is 36.2 Å². The van der Waals surface area contributed by atoms with Crippen LogP contribution >= 0.6 is 0 Å². The Labute approximate surface area is 372 Å². The first-order valence-corrected chi connectivity index (χ1v) is 22.7. The molecule has 4 amide bonds. The van der Waals surface area contributed by atoms with Crippen LogP contribution in [0.4, 0.5) is 9.59 Å². The van der Waals surface area contributed by atoms with Crippen molar-refractivity contribution in [3.63, 3.8) is 0 Å². The molecule has 3 aromatic carbocycles. The van der Waals surface area contributed by atoms with Gasteiger partial charge in [0.1, 0.15) is 36.1 Å². The predicted molar refractivity (Wildman–Crippen MR) is 241 cm³/mol. The molecule has 2 aromatic heterocycles. The number of nitrogens with one attached hydrogen (secondary N) is 5. The molecule has 16 nitrogen and oxygen atoms in total. The number of benzene rings is 3. The molecule has 1 aliphatic carbocycles. The lowest BCUT2D eigenvalue weighted by Gasteiger charge is -2.33. The molecule has 16 heteroatoms. The van der Waals surface area contributed by atoms with Gasteiger partial charge >= 0.3 is 12.2 Å². The number of imidazole rings is 2. The van der Waals surface area contributed by atoms with E-state index in [2.05, 4.69) is 62.3 Å². The van der Waals surface area contributed by atoms with Crippen LogP contribution in [-0.2, 0) is 37.0 Å². The molecule has 3 aliphatic rings. The van der Waals surface area contributed by atoms with Crippen LogP contribution in [0.2, 0.25) is 0 Å². The number of carbonyl (C=O) groups excluding carboxylic acids is 4. The predicted octanol–water partition coefficient (Wildman–Crippen LogP) is 7.67. The zero-order valence-corrected chi connectivity index (χ0v) is 37.4. The zero-order chi connectivity index (χ0) is 44.9. The minimum atomic E-state index is -0.755. The van der Waals surface area contributed by atoms with Crippen molar-refractivity contribution in [2.75, 3.05) is 34.0 Å². The van der Waals surface area contributed by atoms with Gasteiger partial charge < -0.3 is 49.8 Å². The lowest BCUT2D eigenvalue weighted by atomic mass is 9.90. The van der Waals surface area contributed by atoms with Gasteiger partial charge in [-0.15, -0.1) is 0 Å². The van der Waals surface area contributed by atoms with Crippen molar-refractivity contribution < 1.29 is 38.1 Å². The van der Waals surface area contributed by atoms with E-state index >= 15 is 0 Å². The van der Waals surface area contributed by atoms with Gasteiger partial charge in [-0.1, -0.05) is 64.7 Å². The zero-order valence-electron chi connectivity index (χ0n) is 37.4. The Morgan fingerprint density at radius 1 is 0.906 bits per heavy atom. The van der Waals surface area contributed by atoms with Crippen LogP contribution in [0.15, 0.2) is 48.7 Å². The van der Waals surface area contributed by atoms with Crippen molar-refractivity contribution in [1.29, 1.82) is 0 Å². The standard InChI is InChI=1S/C48H60N8O8/c1-6-17-56(46(58)42(55-48(60)62-5)29-15-18-63-19-16-29)25-40-50-36-14-12-30-22-35-33-13-11-31(21-32(33)26-64-39(35)23-34(30)43(36)53-40)38-24-49-44(51-38)37(20-28-9-7-8-10-28)52-45(57)41(27(2)3)54-47(59)61-4/h11-14,21-24,27-29,37,41-42H,6-10,15-20,25-26H2,1-5H3,(H,49,51)(H,50,53)(H,52,57)(H,54,59)(H,55,60). The highest BCUT2D eigenvalue weighted by atomic mass is 16.5. The number of nitrogens with zero attached hydrogens (tertiary/aromatic N) is 3. The van der Waals surface area contributed by atoms with Crippen LogP contribution in [0.3, 0.4) is 0 Å². The van der Waals surface area contributed by atoms with Crippen molar-refractivity contribution >= 4 is 45.8 Å². The normalized spacial score (nSPS) is 16.7. The van der Waals surface area contributed by atoms with E-state index in [4.69, 9.17) is 28.9 Å². The monoisotopic (exact) mass is 876 g/mol. The molecule has 4 heterocycles. The van der Waals surface area contributed by atoms with Crippen molar-refractivity contribution in [3.8, 4) is 28.1 Å². The number of hydrogen-bond acceptors (Lipinski definition) is 10. The number of aromatic nitrogens is 4. The van der Waals surface area contributed by atoms with E-state index in [9.17, 15) is 19.2 Å². The number of H-pyrrole nitrogens is 2. The summed E-state index contributed by atoms with van der Waals surface area (Å²) in [5.74, 6) is 1.90. The fourth-order valence-electron chi connectivity index (χ4n) is 9.57. The van der Waals surface area contributed by atoms with Gasteiger partial charge in [0, 0.05) is 30.7 Å². The SMILES string of the molecule is CCCN(Cc1nc2c(ccc3cc4c(cc32)OCc2cc(-c3cnc(C(CC5CCCC5)NC(=O)C(NC(=O)OC)C(C)C)[nH]3)ccc2-4)[nH]1)C(=O)C(NC(=O)OC)C1CCOCC1. The molecule has 3 unspecified atom stereocenters. The number of methoxy groups -OCH3 is 2. The Hall–Kier alpha value is -6.16. The minimum Gasteiger partial charge on any atom is -0.488 e. The smallest absolute Gasteiger partial charge is 0.407 e. The molecule has 8 rings (SSSR count). The van der Waals surface area contributed by atoms with Crippen molar-refractivity contribution in [1.82, 2.24) is 40.8 Å². The van der Waals surface area contributed by atoms with Gasteiger partial charge in [-0.25, -0.2) is 19.6 Å². The Bertz CT molecular complexity index is 2490. The highest BCUT2D eigenvalue weighted by molar-refractivity contribution is 6.07. The number of hydrogen-bond donors (Lipinski definition) is 5. The number of alkyl carbamates (subject to hydrolysis) is 2. The quantitative estimate of drug-likeness (QED) is 0.0695. The summed E-state index contributed by atoms with van der Waals surface area (Å²) in [5, 5.41) is 10.6. The van der Waals surface area contributed by atoms with E-state index in [0.717, 1.165) is 81.2 Å². The van der Waals surface area contributed by atoms with Crippen molar-refractivity contribution in [3.05, 3.63) is 65.9 Å². The van der Waals surface area contributed by atoms with Crippen LogP contribution in [0.5, 0.6) is 5.75 Å². The molecular weight excluding hydrogens is 817 g/mol. The maximum absolute atomic E-state index is 14.1. The molecule has 5 aromatic rings. The summed E-state index contributed by atoms with van der Waals surface area (Å²) in [7, 11) is 2.59. The number of carbonyl (C=O) groups is 4. The summed E-state index contributed by atoms with van der Waals surface area (Å²) in [6, 6.07) is 12.8. The molecule has 0 bridgehead atoms. The molecule has 2 aliphatic heterocycles. The molecule has 1 saturated heterocycles. The number of aromatic amines is 2. The molecule has 340 valence electrons. The first-order chi connectivity index (χ1) is 31.0. The topological polar surface area (TPSA) is 202 Å². The Kier molecular flexibility index (Phi) is 13.7. The summed E-state index contributed by atoms with van der Waals surface area (Å²) >= 11 is 0. The van der Waals surface area contributed by atoms with Gasteiger partial charge in [0.15, 0.2) is 0 Å². The molecule has 3 atom stereocenters. The number of ether oxygens (including phenoxy) is 4. The molecule has 0 spiro atoms. The van der Waals surface area contributed by atoms with E-state index in [0.29, 0.717) is 56.8 Å². The largest absolute Gasteiger partial charge is 0.488 e. The summed E-state index contributed by atoms with van der Waals surface area (Å²) in [6.07, 6.45) is 7.94. The summed E-state index contributed by atoms with van der Waals surface area (Å²) in [4.78, 5) is 70.7. The lowest BCUT2D eigenvalue weighted by molar-refractivity contribution is -0.136. The van der Waals surface area contributed by atoms with Gasteiger partial charge in [0.05, 0.1) is 49.7 Å². The molecule has 1 saturated carbocycles. The highest BCUT2D eigenvalue weighted by Gasteiger charge is 2.35. The van der Waals surface area contributed by atoms with E-state index in [1.54, 1.807) is 4.90 Å². The van der Waals surface area contributed by atoms with Crippen LogP contribution in [0.25, 0.3) is 44.2 Å². The van der Waals surface area contributed by atoms with E-state index in [1.807, 2.05) is 33.0 Å². The third-order valence-corrected chi connectivity index (χ3v) is 13.0. The van der Waals surface area contributed by atoms with Crippen molar-refractivity contribution in [2.24, 2.45) is 17.8 Å². The van der Waals surface area contributed by atoms with Crippen molar-refractivity contribution in [2.45, 2.75) is 103 Å². The average Bonchev–Trinajstić information content (AvgIpc) is 4.11. The Morgan fingerprint density at radius 2 is 1.67 bits per heavy atom. The average molecular weight is 877 g/mol. The fraction of sp³-hybridized carbons (Fsp3) is 0.500. The second-order valence-corrected chi connectivity index (χ2v) is 17.7. The molecule has 64 heavy (non-hydrogen) atoms. The molecule has 5 N–H and O–H groups in total. The summed E-state index contributed by atoms with van der Waals surface area (Å²) in [6.45, 7) is 8.00. The van der Waals surface area contributed by atoms with Crippen LogP contribution in [0, 0.1) is 17.8 Å². The number of rotatable bonds is 15. The van der Waals surface area contributed by atoms with Gasteiger partial charge in [0.2, 0.25) is 11.8 Å². The highest BCUT2D eigenvalue weighted by Crippen LogP contribution is 2.43. The molecular formula is C48H60N8O8. The third-order valence-electron chi connectivity index (χ3n) is 13.0. The first kappa shape index (κ1) is 44.4. The Balaban J connectivity index is 1.02. The van der Waals surface area contributed by atoms with E-state index in [1.165, 1.54) is 27.1 Å². The van der Waals surface area contributed by atoms with Crippen LogP contribution < -0.4 is 20.7 Å². The molecule has 2 fully saturated rings. The third kappa shape index (κ3) is 9.66. The summed E-state index contributed by atoms with van der Waals surface area (Å²) < 4.78 is 21.7. The van der Waals surface area contributed by atoms with Gasteiger partial charge in [-0.3, -0.25) is 9.59 Å². The van der Waals surface area contributed by atoms with Gasteiger partial charge in [0.25, 0.3) is 0 Å².